The fourth-order valence-corrected chi connectivity index (χ4v) is 7.13. The molecular formula is C38H59N2O5S+. The Hall–Kier alpha value is -2.58. The number of benzene rings is 1. The van der Waals surface area contributed by atoms with Crippen molar-refractivity contribution in [3.63, 3.8) is 0 Å². The number of pyridine rings is 1. The van der Waals surface area contributed by atoms with Crippen molar-refractivity contribution >= 4 is 23.8 Å². The first kappa shape index (κ1) is 37.9. The van der Waals surface area contributed by atoms with E-state index in [-0.39, 0.29) is 18.4 Å². The van der Waals surface area contributed by atoms with Crippen LogP contribution in [0.1, 0.15) is 126 Å². The first-order chi connectivity index (χ1) is 22.6. The number of para-hydroxylation sites is 1. The molecule has 256 valence electrons. The Bertz CT molecular complexity index is 1140. The van der Waals surface area contributed by atoms with Gasteiger partial charge in [-0.05, 0) is 31.9 Å². The largest absolute Gasteiger partial charge is 0.496 e. The lowest BCUT2D eigenvalue weighted by molar-refractivity contribution is -0.701. The van der Waals surface area contributed by atoms with Crippen LogP contribution in [0.25, 0.3) is 0 Å². The Balaban J connectivity index is 1.28. The molecule has 1 fully saturated rings. The van der Waals surface area contributed by atoms with E-state index in [1.807, 2.05) is 35.9 Å². The quantitative estimate of drug-likeness (QED) is 0.0830. The fraction of sp³-hybridized carbons (Fsp3) is 0.658. The first-order valence-electron chi connectivity index (χ1n) is 17.9. The van der Waals surface area contributed by atoms with Crippen LogP contribution in [0.15, 0.2) is 48.7 Å². The molecule has 8 heteroatoms. The van der Waals surface area contributed by atoms with Crippen LogP contribution in [-0.4, -0.2) is 54.3 Å². The minimum Gasteiger partial charge on any atom is -0.496 e. The summed E-state index contributed by atoms with van der Waals surface area (Å²) >= 11 is 1.81. The number of methoxy groups -OCH3 is 1. The molecule has 2 unspecified atom stereocenters. The molecule has 1 aromatic heterocycles. The third-order valence-corrected chi connectivity index (χ3v) is 10.2. The van der Waals surface area contributed by atoms with Gasteiger partial charge in [-0.1, -0.05) is 109 Å². The van der Waals surface area contributed by atoms with Crippen LogP contribution >= 0.6 is 11.8 Å². The van der Waals surface area contributed by atoms with E-state index in [2.05, 4.69) is 6.92 Å². The second-order valence-corrected chi connectivity index (χ2v) is 14.0. The van der Waals surface area contributed by atoms with E-state index < -0.39 is 12.0 Å². The molecule has 2 atom stereocenters. The summed E-state index contributed by atoms with van der Waals surface area (Å²) in [7, 11) is 1.52. The summed E-state index contributed by atoms with van der Waals surface area (Å²) < 4.78 is 19.1. The number of nitrogens with zero attached hydrogens (tertiary/aromatic N) is 2. The number of unbranched alkanes of at least 4 members (excludes halogenated alkanes) is 13. The zero-order chi connectivity index (χ0) is 32.8. The molecule has 7 nitrogen and oxygen atoms in total. The maximum Gasteiger partial charge on any atom is 0.417 e. The summed E-state index contributed by atoms with van der Waals surface area (Å²) in [4.78, 5) is 28.1. The summed E-state index contributed by atoms with van der Waals surface area (Å²) in [5, 5.41) is 0.661. The van der Waals surface area contributed by atoms with Crippen LogP contribution in [-0.2, 0) is 22.6 Å². The van der Waals surface area contributed by atoms with Gasteiger partial charge in [-0.3, -0.25) is 4.79 Å². The number of hydrogen-bond donors (Lipinski definition) is 0. The van der Waals surface area contributed by atoms with Crippen molar-refractivity contribution in [3.8, 4) is 5.75 Å². The van der Waals surface area contributed by atoms with E-state index in [9.17, 15) is 9.59 Å². The molecule has 46 heavy (non-hydrogen) atoms. The van der Waals surface area contributed by atoms with Gasteiger partial charge in [-0.25, -0.2) is 14.3 Å². The summed E-state index contributed by atoms with van der Waals surface area (Å²) in [6.07, 6.45) is 21.3. The summed E-state index contributed by atoms with van der Waals surface area (Å²) in [5.41, 5.74) is 1.18. The maximum atomic E-state index is 13.6. The minimum atomic E-state index is -0.638. The van der Waals surface area contributed by atoms with Crippen molar-refractivity contribution in [2.24, 2.45) is 0 Å². The molecule has 1 aliphatic heterocycles. The van der Waals surface area contributed by atoms with E-state index >= 15 is 0 Å². The van der Waals surface area contributed by atoms with Gasteiger partial charge >= 0.3 is 6.09 Å². The smallest absolute Gasteiger partial charge is 0.417 e. The van der Waals surface area contributed by atoms with Crippen LogP contribution < -0.4 is 9.30 Å². The standard InChI is InChI=1S/C38H59N2O5S/c1-4-6-7-8-9-10-11-12-13-14-15-16-17-22-27-44-30-33-28-34(46-33)31-45-38(42)40(29-32-23-20-21-26-39(32)5-2)37(41)35-24-18-19-25-36(35)43-3/h18-21,23-26,33-34H,4-17,22,27-31H2,1-3H3/q+1. The number of imide groups is 1. The Morgan fingerprint density at radius 2 is 1.39 bits per heavy atom. The second kappa shape index (κ2) is 22.9. The van der Waals surface area contributed by atoms with Crippen LogP contribution in [0.5, 0.6) is 5.75 Å². The van der Waals surface area contributed by atoms with Crippen molar-refractivity contribution in [1.82, 2.24) is 4.90 Å². The van der Waals surface area contributed by atoms with E-state index in [1.165, 1.54) is 95.5 Å². The third-order valence-electron chi connectivity index (χ3n) is 8.75. The number of carbonyl (C=O) groups is 2. The number of aromatic nitrogens is 1. The van der Waals surface area contributed by atoms with E-state index in [0.717, 1.165) is 38.3 Å². The number of thioether (sulfide) groups is 1. The van der Waals surface area contributed by atoms with Crippen molar-refractivity contribution < 1.29 is 28.4 Å². The molecule has 3 rings (SSSR count). The van der Waals surface area contributed by atoms with Crippen LogP contribution in [0.3, 0.4) is 0 Å². The summed E-state index contributed by atoms with van der Waals surface area (Å²) in [6.45, 7) is 6.99. The molecule has 1 aromatic carbocycles. The fourth-order valence-electron chi connectivity index (χ4n) is 5.94. The molecule has 1 saturated heterocycles. The van der Waals surface area contributed by atoms with Gasteiger partial charge in [0.25, 0.3) is 5.91 Å². The molecule has 0 bridgehead atoms. The topological polar surface area (TPSA) is 69.0 Å². The Morgan fingerprint density at radius 1 is 0.804 bits per heavy atom. The zero-order valence-electron chi connectivity index (χ0n) is 28.8. The highest BCUT2D eigenvalue weighted by Gasteiger charge is 2.34. The molecule has 2 aromatic rings. The van der Waals surface area contributed by atoms with Crippen LogP contribution in [0.2, 0.25) is 0 Å². The molecule has 0 radical (unpaired) electrons. The molecule has 0 N–H and O–H groups in total. The maximum absolute atomic E-state index is 13.6. The number of carbonyl (C=O) groups excluding carboxylic acids is 2. The van der Waals surface area contributed by atoms with Gasteiger partial charge in [0.15, 0.2) is 6.20 Å². The summed E-state index contributed by atoms with van der Waals surface area (Å²) in [5.74, 6) is -0.0156. The lowest BCUT2D eigenvalue weighted by Crippen LogP contribution is -2.44. The highest BCUT2D eigenvalue weighted by molar-refractivity contribution is 8.01. The third kappa shape index (κ3) is 13.6. The number of aryl methyl sites for hydroxylation is 1. The van der Waals surface area contributed by atoms with Gasteiger partial charge in [-0.15, -0.1) is 11.8 Å². The van der Waals surface area contributed by atoms with Crippen molar-refractivity contribution in [2.45, 2.75) is 134 Å². The predicted molar refractivity (Wildman–Crippen MR) is 187 cm³/mol. The molecule has 2 heterocycles. The second-order valence-electron chi connectivity index (χ2n) is 12.4. The Kier molecular flexibility index (Phi) is 18.8. The molecule has 0 aliphatic carbocycles. The van der Waals surface area contributed by atoms with Gasteiger partial charge in [0.05, 0.1) is 19.3 Å². The van der Waals surface area contributed by atoms with Gasteiger partial charge in [0, 0.05) is 29.2 Å². The predicted octanol–water partition coefficient (Wildman–Crippen LogP) is 9.15. The monoisotopic (exact) mass is 655 g/mol. The molecule has 1 aliphatic rings. The Morgan fingerprint density at radius 3 is 2.02 bits per heavy atom. The lowest BCUT2D eigenvalue weighted by atomic mass is 10.0. The van der Waals surface area contributed by atoms with Crippen molar-refractivity contribution in [3.05, 3.63) is 59.9 Å². The minimum absolute atomic E-state index is 0.109. The van der Waals surface area contributed by atoms with Crippen molar-refractivity contribution in [1.29, 1.82) is 0 Å². The van der Waals surface area contributed by atoms with Gasteiger partial charge in [-0.2, -0.15) is 0 Å². The number of ether oxygens (including phenoxy) is 3. The number of rotatable bonds is 24. The summed E-state index contributed by atoms with van der Waals surface area (Å²) in [6, 6.07) is 12.7. The SMILES string of the molecule is CCCCCCCCCCCCCCCCOCC1CC(COC(=O)N(Cc2cccc[n+]2CC)C(=O)c2ccccc2OC)S1. The van der Waals surface area contributed by atoms with E-state index in [1.54, 1.807) is 36.0 Å². The Labute approximate surface area is 282 Å². The molecule has 0 spiro atoms. The lowest BCUT2D eigenvalue weighted by Gasteiger charge is -2.34. The average molecular weight is 656 g/mol. The van der Waals surface area contributed by atoms with Crippen LogP contribution in [0.4, 0.5) is 4.79 Å². The molecular weight excluding hydrogens is 596 g/mol. The molecule has 0 saturated carbocycles. The van der Waals surface area contributed by atoms with Gasteiger partial charge < -0.3 is 14.2 Å². The van der Waals surface area contributed by atoms with Crippen molar-refractivity contribution in [2.75, 3.05) is 26.9 Å². The zero-order valence-corrected chi connectivity index (χ0v) is 29.6. The normalized spacial score (nSPS) is 15.7. The van der Waals surface area contributed by atoms with E-state index in [4.69, 9.17) is 14.2 Å². The van der Waals surface area contributed by atoms with Crippen LogP contribution in [0, 0.1) is 0 Å². The first-order valence-corrected chi connectivity index (χ1v) is 18.8. The van der Waals surface area contributed by atoms with E-state index in [0.29, 0.717) is 16.6 Å². The number of hydrogen-bond acceptors (Lipinski definition) is 6. The molecule has 2 amide bonds. The number of amides is 2. The highest BCUT2D eigenvalue weighted by atomic mass is 32.2. The van der Waals surface area contributed by atoms with Gasteiger partial charge in [0.2, 0.25) is 5.69 Å². The highest BCUT2D eigenvalue weighted by Crippen LogP contribution is 2.37. The average Bonchev–Trinajstić information content (AvgIpc) is 3.07. The van der Waals surface area contributed by atoms with Gasteiger partial charge in [0.1, 0.15) is 25.4 Å².